The Morgan fingerprint density at radius 1 is 0.872 bits per heavy atom. The molecular weight excluding hydrogens is 502 g/mol. The van der Waals surface area contributed by atoms with Gasteiger partial charge in [-0.05, 0) is 43.0 Å². The van der Waals surface area contributed by atoms with Crippen molar-refractivity contribution in [1.82, 2.24) is 5.32 Å². The lowest BCUT2D eigenvalue weighted by molar-refractivity contribution is -0.140. The van der Waals surface area contributed by atoms with Crippen LogP contribution in [0.2, 0.25) is 0 Å². The van der Waals surface area contributed by atoms with Crippen LogP contribution in [0, 0.1) is 0 Å². The summed E-state index contributed by atoms with van der Waals surface area (Å²) in [7, 11) is 7.84. The van der Waals surface area contributed by atoms with Crippen LogP contribution in [0.5, 0.6) is 23.0 Å². The quantitative estimate of drug-likeness (QED) is 0.352. The van der Waals surface area contributed by atoms with Crippen LogP contribution in [0.15, 0.2) is 58.9 Å². The van der Waals surface area contributed by atoms with Crippen LogP contribution in [0.4, 0.5) is 0 Å². The number of methoxy groups -OCH3 is 5. The number of dihydropyridines is 1. The van der Waals surface area contributed by atoms with Crippen molar-refractivity contribution in [3.05, 3.63) is 70.1 Å². The number of carbonyl (C=O) groups excluding carboxylic acids is 2. The van der Waals surface area contributed by atoms with Gasteiger partial charge in [-0.25, -0.2) is 4.79 Å². The molecule has 0 fully saturated rings. The van der Waals surface area contributed by atoms with Gasteiger partial charge in [-0.2, -0.15) is 0 Å². The van der Waals surface area contributed by atoms with Gasteiger partial charge >= 0.3 is 5.97 Å². The van der Waals surface area contributed by atoms with E-state index in [1.54, 1.807) is 40.6 Å². The molecule has 39 heavy (non-hydrogen) atoms. The number of esters is 1. The molecule has 0 saturated heterocycles. The Kier molecular flexibility index (Phi) is 8.81. The van der Waals surface area contributed by atoms with E-state index in [-0.39, 0.29) is 31.3 Å². The third-order valence-corrected chi connectivity index (χ3v) is 7.20. The van der Waals surface area contributed by atoms with Crippen molar-refractivity contribution in [2.75, 3.05) is 48.8 Å². The maximum absolute atomic E-state index is 13.9. The van der Waals surface area contributed by atoms with Gasteiger partial charge in [0.2, 0.25) is 0 Å². The van der Waals surface area contributed by atoms with Gasteiger partial charge in [-0.15, -0.1) is 0 Å². The predicted molar refractivity (Wildman–Crippen MR) is 145 cm³/mol. The molecule has 2 unspecified atom stereocenters. The summed E-state index contributed by atoms with van der Waals surface area (Å²) in [5.41, 5.74) is 3.97. The minimum Gasteiger partial charge on any atom is -0.497 e. The highest BCUT2D eigenvalue weighted by Crippen LogP contribution is 2.48. The van der Waals surface area contributed by atoms with Crippen LogP contribution >= 0.6 is 0 Å². The van der Waals surface area contributed by atoms with Gasteiger partial charge in [0.05, 0.1) is 46.5 Å². The molecular formula is C30H35NO8. The minimum absolute atomic E-state index is 0.0545. The zero-order valence-electron chi connectivity index (χ0n) is 23.2. The Morgan fingerprint density at radius 3 is 2.28 bits per heavy atom. The summed E-state index contributed by atoms with van der Waals surface area (Å²) < 4.78 is 32.5. The van der Waals surface area contributed by atoms with Gasteiger partial charge in [0.25, 0.3) is 0 Å². The third-order valence-electron chi connectivity index (χ3n) is 7.20. The van der Waals surface area contributed by atoms with Gasteiger partial charge in [-0.3, -0.25) is 4.79 Å². The lowest BCUT2D eigenvalue weighted by Crippen LogP contribution is -2.36. The molecule has 2 atom stereocenters. The molecule has 0 saturated carbocycles. The van der Waals surface area contributed by atoms with E-state index in [1.807, 2.05) is 31.2 Å². The van der Waals surface area contributed by atoms with Crippen molar-refractivity contribution in [1.29, 1.82) is 0 Å². The number of hydrogen-bond acceptors (Lipinski definition) is 9. The number of hydrogen-bond donors (Lipinski definition) is 1. The van der Waals surface area contributed by atoms with Gasteiger partial charge in [0, 0.05) is 42.1 Å². The van der Waals surface area contributed by atoms with Crippen LogP contribution in [-0.4, -0.2) is 60.5 Å². The van der Waals surface area contributed by atoms with E-state index < -0.39 is 11.9 Å². The fraction of sp³-hybridized carbons (Fsp3) is 0.400. The number of nitrogens with one attached hydrogen (secondary N) is 1. The summed E-state index contributed by atoms with van der Waals surface area (Å²) in [6.07, 6.45) is 0.852. The third kappa shape index (κ3) is 5.59. The number of carbonyl (C=O) groups is 2. The van der Waals surface area contributed by atoms with Crippen molar-refractivity contribution < 1.29 is 38.0 Å². The average Bonchev–Trinajstić information content (AvgIpc) is 2.95. The fourth-order valence-electron chi connectivity index (χ4n) is 5.32. The molecule has 2 aliphatic rings. The van der Waals surface area contributed by atoms with Crippen LogP contribution in [0.1, 0.15) is 42.7 Å². The molecule has 2 aromatic carbocycles. The van der Waals surface area contributed by atoms with Gasteiger partial charge < -0.3 is 33.7 Å². The van der Waals surface area contributed by atoms with E-state index in [2.05, 4.69) is 5.32 Å². The molecule has 1 aliphatic carbocycles. The molecule has 9 nitrogen and oxygen atoms in total. The van der Waals surface area contributed by atoms with Crippen molar-refractivity contribution in [3.63, 3.8) is 0 Å². The van der Waals surface area contributed by atoms with Gasteiger partial charge in [0.15, 0.2) is 17.3 Å². The highest BCUT2D eigenvalue weighted by Gasteiger charge is 2.42. The van der Waals surface area contributed by atoms with Crippen molar-refractivity contribution in [2.45, 2.75) is 31.6 Å². The predicted octanol–water partition coefficient (Wildman–Crippen LogP) is 4.27. The molecule has 0 aromatic heterocycles. The fourth-order valence-corrected chi connectivity index (χ4v) is 5.32. The lowest BCUT2D eigenvalue weighted by atomic mass is 9.71. The molecule has 2 aromatic rings. The summed E-state index contributed by atoms with van der Waals surface area (Å²) in [4.78, 5) is 27.3. The average molecular weight is 538 g/mol. The zero-order chi connectivity index (χ0) is 28.1. The van der Waals surface area contributed by atoms with Crippen molar-refractivity contribution in [3.8, 4) is 23.0 Å². The summed E-state index contributed by atoms with van der Waals surface area (Å²) in [5.74, 6) is 1.03. The van der Waals surface area contributed by atoms with E-state index in [0.717, 1.165) is 11.3 Å². The molecule has 1 N–H and O–H groups in total. The number of rotatable bonds is 10. The zero-order valence-corrected chi connectivity index (χ0v) is 23.2. The molecule has 208 valence electrons. The Morgan fingerprint density at radius 2 is 1.62 bits per heavy atom. The normalized spacial score (nSPS) is 18.8. The van der Waals surface area contributed by atoms with Gasteiger partial charge in [0.1, 0.15) is 18.1 Å². The maximum Gasteiger partial charge on any atom is 0.336 e. The highest BCUT2D eigenvalue weighted by atomic mass is 16.6. The van der Waals surface area contributed by atoms with Crippen LogP contribution in [-0.2, 0) is 19.1 Å². The lowest BCUT2D eigenvalue weighted by Gasteiger charge is -2.37. The van der Waals surface area contributed by atoms with E-state index >= 15 is 0 Å². The number of ether oxygens (including phenoxy) is 6. The first-order chi connectivity index (χ1) is 18.9. The second-order valence-electron chi connectivity index (χ2n) is 9.37. The second-order valence-corrected chi connectivity index (χ2v) is 9.37. The number of ketones is 1. The molecule has 0 amide bonds. The van der Waals surface area contributed by atoms with Crippen LogP contribution in [0.3, 0.4) is 0 Å². The first-order valence-electron chi connectivity index (χ1n) is 12.7. The van der Waals surface area contributed by atoms with E-state index in [9.17, 15) is 9.59 Å². The van der Waals surface area contributed by atoms with Crippen LogP contribution in [0.25, 0.3) is 0 Å². The maximum atomic E-state index is 13.9. The van der Waals surface area contributed by atoms with Crippen molar-refractivity contribution in [2.24, 2.45) is 0 Å². The molecule has 0 spiro atoms. The van der Waals surface area contributed by atoms with E-state index in [1.165, 1.54) is 7.11 Å². The Hall–Kier alpha value is -3.98. The number of benzene rings is 2. The van der Waals surface area contributed by atoms with Gasteiger partial charge in [-0.1, -0.05) is 12.1 Å². The standard InChI is InChI=1S/C30H35NO8/c1-17-27(30(33)39-12-11-34-2)28(21-9-8-20(35-3)16-25(21)37-5)29-22(31-17)13-19(14-23(29)32)18-7-10-24(36-4)26(15-18)38-6/h7-10,15-16,19,28,31H,11-14H2,1-6H3. The Balaban J connectivity index is 1.79. The first kappa shape index (κ1) is 28.0. The summed E-state index contributed by atoms with van der Waals surface area (Å²) >= 11 is 0. The van der Waals surface area contributed by atoms with E-state index in [4.69, 9.17) is 28.4 Å². The Bertz CT molecular complexity index is 1310. The monoisotopic (exact) mass is 537 g/mol. The second kappa shape index (κ2) is 12.3. The minimum atomic E-state index is -0.670. The molecule has 9 heteroatoms. The smallest absolute Gasteiger partial charge is 0.336 e. The first-order valence-corrected chi connectivity index (χ1v) is 12.7. The molecule has 0 bridgehead atoms. The summed E-state index contributed by atoms with van der Waals surface area (Å²) in [5, 5.41) is 3.37. The van der Waals surface area contributed by atoms with Crippen LogP contribution < -0.4 is 24.3 Å². The summed E-state index contributed by atoms with van der Waals surface area (Å²) in [6.45, 7) is 2.19. The largest absolute Gasteiger partial charge is 0.497 e. The highest BCUT2D eigenvalue weighted by molar-refractivity contribution is 6.04. The molecule has 1 heterocycles. The van der Waals surface area contributed by atoms with E-state index in [0.29, 0.717) is 51.8 Å². The molecule has 1 aliphatic heterocycles. The molecule has 4 rings (SSSR count). The number of allylic oxidation sites excluding steroid dienone is 3. The number of Topliss-reactive ketones (excluding diaryl/α,β-unsaturated/α-hetero) is 1. The summed E-state index contributed by atoms with van der Waals surface area (Å²) in [6, 6.07) is 11.1. The SMILES string of the molecule is COCCOC(=O)C1=C(C)NC2=C(C(=O)CC(c3ccc(OC)c(OC)c3)C2)C1c1ccc(OC)cc1OC. The topological polar surface area (TPSA) is 102 Å². The Labute approximate surface area is 228 Å². The van der Waals surface area contributed by atoms with Crippen molar-refractivity contribution >= 4 is 11.8 Å². The molecule has 0 radical (unpaired) electrons.